The molecule has 0 spiro atoms. The number of aliphatic hydroxyl groups excluding tert-OH is 1. The van der Waals surface area contributed by atoms with Crippen LogP contribution in [0.5, 0.6) is 5.75 Å². The second-order valence-electron chi connectivity index (χ2n) is 7.80. The number of alkyl halides is 2. The first-order valence-corrected chi connectivity index (χ1v) is 10.9. The predicted octanol–water partition coefficient (Wildman–Crippen LogP) is 3.05. The van der Waals surface area contributed by atoms with Crippen molar-refractivity contribution in [1.29, 1.82) is 0 Å². The number of anilines is 1. The number of nitrogens with one attached hydrogen (secondary N) is 1. The van der Waals surface area contributed by atoms with Gasteiger partial charge in [-0.1, -0.05) is 11.9 Å². The van der Waals surface area contributed by atoms with Gasteiger partial charge in [0.25, 0.3) is 5.92 Å². The Kier molecular flexibility index (Phi) is 4.45. The Balaban J connectivity index is 1.62. The monoisotopic (exact) mass is 420 g/mol. The SMILES string of the molecule is CSNC1COc2ccc(-c3nc(N4CC(O)[C@@H]4C)nc4c3CCC4(F)F)cc21. The maximum absolute atomic E-state index is 14.6. The van der Waals surface area contributed by atoms with Crippen molar-refractivity contribution in [3.05, 3.63) is 35.0 Å². The van der Waals surface area contributed by atoms with E-state index in [1.54, 1.807) is 4.90 Å². The Morgan fingerprint density at radius 3 is 2.90 bits per heavy atom. The Hall–Kier alpha value is -1.97. The molecule has 29 heavy (non-hydrogen) atoms. The normalized spacial score (nSPS) is 26.7. The van der Waals surface area contributed by atoms with Gasteiger partial charge in [-0.25, -0.2) is 9.97 Å². The van der Waals surface area contributed by atoms with Crippen LogP contribution < -0.4 is 14.4 Å². The number of ether oxygens (including phenoxy) is 1. The smallest absolute Gasteiger partial charge is 0.290 e. The van der Waals surface area contributed by atoms with Gasteiger partial charge in [0.15, 0.2) is 0 Å². The first kappa shape index (κ1) is 19.0. The fourth-order valence-corrected chi connectivity index (χ4v) is 4.71. The number of hydrogen-bond acceptors (Lipinski definition) is 7. The minimum Gasteiger partial charge on any atom is -0.491 e. The lowest BCUT2D eigenvalue weighted by molar-refractivity contribution is -0.00603. The quantitative estimate of drug-likeness (QED) is 0.737. The Labute approximate surface area is 171 Å². The van der Waals surface area contributed by atoms with Crippen LogP contribution in [0.2, 0.25) is 0 Å². The molecule has 0 saturated carbocycles. The summed E-state index contributed by atoms with van der Waals surface area (Å²) in [4.78, 5) is 10.7. The largest absolute Gasteiger partial charge is 0.491 e. The van der Waals surface area contributed by atoms with E-state index in [0.29, 0.717) is 24.4 Å². The third-order valence-electron chi connectivity index (χ3n) is 6.04. The van der Waals surface area contributed by atoms with Crippen molar-refractivity contribution in [1.82, 2.24) is 14.7 Å². The second kappa shape index (κ2) is 6.78. The fraction of sp³-hybridized carbons (Fsp3) is 0.500. The van der Waals surface area contributed by atoms with Gasteiger partial charge in [-0.3, -0.25) is 4.72 Å². The highest BCUT2D eigenvalue weighted by atomic mass is 32.2. The van der Waals surface area contributed by atoms with Crippen LogP contribution in [0, 0.1) is 0 Å². The van der Waals surface area contributed by atoms with Crippen LogP contribution in [0.15, 0.2) is 18.2 Å². The Bertz CT molecular complexity index is 972. The minimum atomic E-state index is -2.96. The number of hydrogen-bond donors (Lipinski definition) is 2. The topological polar surface area (TPSA) is 70.5 Å². The summed E-state index contributed by atoms with van der Waals surface area (Å²) in [6.45, 7) is 2.73. The second-order valence-corrected chi connectivity index (χ2v) is 8.45. The summed E-state index contributed by atoms with van der Waals surface area (Å²) in [6.07, 6.45) is 1.45. The van der Waals surface area contributed by atoms with E-state index in [2.05, 4.69) is 14.7 Å². The maximum Gasteiger partial charge on any atom is 0.290 e. The number of aromatic nitrogens is 2. The van der Waals surface area contributed by atoms with Crippen molar-refractivity contribution in [3.63, 3.8) is 0 Å². The average Bonchev–Trinajstić information content (AvgIpc) is 3.25. The van der Waals surface area contributed by atoms with Crippen molar-refractivity contribution in [3.8, 4) is 17.0 Å². The molecule has 6 nitrogen and oxygen atoms in total. The first-order chi connectivity index (χ1) is 13.9. The summed E-state index contributed by atoms with van der Waals surface area (Å²) in [6, 6.07) is 5.58. The van der Waals surface area contributed by atoms with Gasteiger partial charge in [0.05, 0.1) is 23.9 Å². The molecule has 2 N–H and O–H groups in total. The lowest BCUT2D eigenvalue weighted by atomic mass is 9.99. The molecule has 1 saturated heterocycles. The van der Waals surface area contributed by atoms with Gasteiger partial charge in [0.1, 0.15) is 18.1 Å². The van der Waals surface area contributed by atoms with Crippen LogP contribution in [0.25, 0.3) is 11.3 Å². The van der Waals surface area contributed by atoms with Crippen molar-refractivity contribution in [2.24, 2.45) is 0 Å². The number of fused-ring (bicyclic) bond motifs is 2. The minimum absolute atomic E-state index is 0.0429. The molecule has 3 aliphatic rings. The van der Waals surface area contributed by atoms with Gasteiger partial charge in [-0.2, -0.15) is 8.78 Å². The summed E-state index contributed by atoms with van der Waals surface area (Å²) in [5.41, 5.74) is 2.67. The number of aliphatic hydroxyl groups is 1. The van der Waals surface area contributed by atoms with Gasteiger partial charge in [-0.05, 0) is 37.8 Å². The summed E-state index contributed by atoms with van der Waals surface area (Å²) >= 11 is 1.52. The van der Waals surface area contributed by atoms with Crippen molar-refractivity contribution < 1.29 is 18.6 Å². The fourth-order valence-electron chi connectivity index (χ4n) is 4.24. The zero-order chi connectivity index (χ0) is 20.3. The lowest BCUT2D eigenvalue weighted by Gasteiger charge is -2.43. The first-order valence-electron chi connectivity index (χ1n) is 9.68. The summed E-state index contributed by atoms with van der Waals surface area (Å²) in [7, 11) is 0. The van der Waals surface area contributed by atoms with Gasteiger partial charge < -0.3 is 14.7 Å². The molecule has 1 aromatic carbocycles. The van der Waals surface area contributed by atoms with E-state index in [1.807, 2.05) is 31.4 Å². The third-order valence-corrected chi connectivity index (χ3v) is 6.56. The third kappa shape index (κ3) is 2.98. The molecule has 0 amide bonds. The molecule has 0 radical (unpaired) electrons. The molecule has 0 bridgehead atoms. The van der Waals surface area contributed by atoms with Gasteiger partial charge in [0, 0.05) is 29.7 Å². The zero-order valence-electron chi connectivity index (χ0n) is 16.2. The number of benzene rings is 1. The van der Waals surface area contributed by atoms with E-state index >= 15 is 0 Å². The maximum atomic E-state index is 14.6. The van der Waals surface area contributed by atoms with Crippen LogP contribution in [0.3, 0.4) is 0 Å². The molecule has 3 atom stereocenters. The average molecular weight is 420 g/mol. The van der Waals surface area contributed by atoms with E-state index in [1.165, 1.54) is 11.9 Å². The number of nitrogens with zero attached hydrogens (tertiary/aromatic N) is 3. The van der Waals surface area contributed by atoms with E-state index in [0.717, 1.165) is 16.9 Å². The predicted molar refractivity (Wildman–Crippen MR) is 107 cm³/mol. The number of β-amino-alcohol motifs (C(OH)–C–C–N with tert-alkyl or cyclic N) is 1. The highest BCUT2D eigenvalue weighted by Gasteiger charge is 2.45. The molecule has 3 heterocycles. The highest BCUT2D eigenvalue weighted by molar-refractivity contribution is 7.96. The molecular formula is C20H22F2N4O2S. The van der Waals surface area contributed by atoms with E-state index < -0.39 is 12.0 Å². The number of rotatable bonds is 4. The van der Waals surface area contributed by atoms with E-state index in [9.17, 15) is 13.9 Å². The van der Waals surface area contributed by atoms with Crippen LogP contribution in [-0.4, -0.2) is 46.6 Å². The lowest BCUT2D eigenvalue weighted by Crippen LogP contribution is -2.59. The molecule has 1 aliphatic carbocycles. The van der Waals surface area contributed by atoms with E-state index in [4.69, 9.17) is 4.74 Å². The van der Waals surface area contributed by atoms with E-state index in [-0.39, 0.29) is 36.6 Å². The summed E-state index contributed by atoms with van der Waals surface area (Å²) < 4.78 is 38.2. The van der Waals surface area contributed by atoms with Crippen molar-refractivity contribution >= 4 is 17.9 Å². The molecule has 2 aliphatic heterocycles. The van der Waals surface area contributed by atoms with Gasteiger partial charge in [-0.15, -0.1) is 0 Å². The van der Waals surface area contributed by atoms with Gasteiger partial charge >= 0.3 is 0 Å². The standard InChI is InChI=1S/C20H22F2N4O2S/c1-10-15(27)8-26(10)19-23-17(12-5-6-20(21,22)18(12)24-19)11-3-4-16-13(7-11)14(9-28-16)25-29-2/h3-4,7,10,14-15,25,27H,5-6,8-9H2,1-2H3/t10-,14?,15?/m0/s1. The van der Waals surface area contributed by atoms with Crippen LogP contribution in [-0.2, 0) is 12.3 Å². The molecule has 2 unspecified atom stereocenters. The Morgan fingerprint density at radius 2 is 2.17 bits per heavy atom. The molecule has 9 heteroatoms. The Morgan fingerprint density at radius 1 is 1.34 bits per heavy atom. The van der Waals surface area contributed by atoms with Crippen LogP contribution in [0.1, 0.15) is 36.2 Å². The van der Waals surface area contributed by atoms with Crippen LogP contribution >= 0.6 is 11.9 Å². The molecule has 154 valence electrons. The summed E-state index contributed by atoms with van der Waals surface area (Å²) in [5.74, 6) is -1.90. The van der Waals surface area contributed by atoms with Crippen molar-refractivity contribution in [2.45, 2.75) is 43.9 Å². The molecule has 1 aromatic heterocycles. The number of halogens is 2. The molecule has 2 aromatic rings. The van der Waals surface area contributed by atoms with Gasteiger partial charge in [0.2, 0.25) is 5.95 Å². The molecular weight excluding hydrogens is 398 g/mol. The van der Waals surface area contributed by atoms with Crippen LogP contribution in [0.4, 0.5) is 14.7 Å². The summed E-state index contributed by atoms with van der Waals surface area (Å²) in [5, 5.41) is 9.85. The molecule has 1 fully saturated rings. The zero-order valence-corrected chi connectivity index (χ0v) is 17.0. The molecule has 5 rings (SSSR count). The van der Waals surface area contributed by atoms with Crippen molar-refractivity contribution in [2.75, 3.05) is 24.3 Å². The highest BCUT2D eigenvalue weighted by Crippen LogP contribution is 2.46.